The van der Waals surface area contributed by atoms with Gasteiger partial charge in [0.1, 0.15) is 5.69 Å². The van der Waals surface area contributed by atoms with Crippen LogP contribution in [0.3, 0.4) is 0 Å². The van der Waals surface area contributed by atoms with E-state index in [2.05, 4.69) is 27.1 Å². The van der Waals surface area contributed by atoms with Crippen LogP contribution in [-0.2, 0) is 9.53 Å². The molecule has 184 valence electrons. The molecule has 1 aromatic heterocycles. The van der Waals surface area contributed by atoms with Gasteiger partial charge in [0.25, 0.3) is 5.91 Å². The lowest BCUT2D eigenvalue weighted by Gasteiger charge is -2.32. The number of aromatic amines is 1. The molecule has 2 fully saturated rings. The van der Waals surface area contributed by atoms with Crippen LogP contribution in [-0.4, -0.2) is 103 Å². The lowest BCUT2D eigenvalue weighted by molar-refractivity contribution is -0.122. The summed E-state index contributed by atoms with van der Waals surface area (Å²) in [6, 6.07) is 0. The molecule has 9 heteroatoms. The highest BCUT2D eigenvalue weighted by molar-refractivity contribution is 6.00. The van der Waals surface area contributed by atoms with Crippen molar-refractivity contribution >= 4 is 17.8 Å². The number of carbonyl (C=O) groups excluding carboxylic acids is 3. The number of esters is 1. The van der Waals surface area contributed by atoms with Gasteiger partial charge in [0.2, 0.25) is 5.91 Å². The third-order valence-corrected chi connectivity index (χ3v) is 6.85. The van der Waals surface area contributed by atoms with Crippen molar-refractivity contribution < 1.29 is 19.1 Å². The number of likely N-dealkylation sites (tertiary alicyclic amines) is 1. The molecule has 3 heterocycles. The quantitative estimate of drug-likeness (QED) is 0.568. The maximum atomic E-state index is 13.1. The zero-order valence-electron chi connectivity index (χ0n) is 20.5. The highest BCUT2D eigenvalue weighted by Gasteiger charge is 2.29. The molecule has 0 bridgehead atoms. The van der Waals surface area contributed by atoms with Crippen LogP contribution in [0.1, 0.15) is 58.3 Å². The fraction of sp³-hybridized carbons (Fsp3) is 0.708. The maximum absolute atomic E-state index is 13.1. The Balaban J connectivity index is 1.42. The fourth-order valence-corrected chi connectivity index (χ4v) is 4.73. The van der Waals surface area contributed by atoms with E-state index in [9.17, 15) is 14.4 Å². The van der Waals surface area contributed by atoms with Gasteiger partial charge >= 0.3 is 5.97 Å². The second-order valence-corrected chi connectivity index (χ2v) is 9.28. The highest BCUT2D eigenvalue weighted by atomic mass is 16.5. The van der Waals surface area contributed by atoms with Gasteiger partial charge in [0.15, 0.2) is 0 Å². The number of rotatable bonds is 8. The van der Waals surface area contributed by atoms with E-state index >= 15 is 0 Å². The molecule has 0 aliphatic carbocycles. The van der Waals surface area contributed by atoms with Crippen molar-refractivity contribution in [1.82, 2.24) is 25.0 Å². The molecule has 2 aliphatic rings. The van der Waals surface area contributed by atoms with Gasteiger partial charge in [-0.2, -0.15) is 0 Å². The van der Waals surface area contributed by atoms with Gasteiger partial charge in [-0.05, 0) is 52.1 Å². The summed E-state index contributed by atoms with van der Waals surface area (Å²) in [4.78, 5) is 47.3. The van der Waals surface area contributed by atoms with Crippen molar-refractivity contribution in [3.8, 4) is 0 Å². The van der Waals surface area contributed by atoms with Gasteiger partial charge in [0.05, 0.1) is 12.2 Å². The Hall–Kier alpha value is -2.39. The molecule has 2 aliphatic heterocycles. The second-order valence-electron chi connectivity index (χ2n) is 9.28. The Bertz CT molecular complexity index is 836. The molecule has 0 spiro atoms. The van der Waals surface area contributed by atoms with Gasteiger partial charge in [-0.15, -0.1) is 0 Å². The van der Waals surface area contributed by atoms with Crippen molar-refractivity contribution in [2.75, 3.05) is 66.0 Å². The first-order chi connectivity index (χ1) is 15.8. The van der Waals surface area contributed by atoms with E-state index in [-0.39, 0.29) is 11.8 Å². The van der Waals surface area contributed by atoms with Gasteiger partial charge in [-0.1, -0.05) is 0 Å². The average Bonchev–Trinajstić information content (AvgIpc) is 3.09. The van der Waals surface area contributed by atoms with Gasteiger partial charge in [-0.25, -0.2) is 4.79 Å². The minimum Gasteiger partial charge on any atom is -0.462 e. The number of nitrogens with one attached hydrogen (secondary N) is 2. The number of piperidine rings is 1. The standard InChI is InChI=1S/C24H39N5O4/c1-5-33-24(32)21-17(2)22(26-18(21)3)23(31)29-9-6-19(7-10-29)16-20(30)25-8-11-28-14-12-27(4)13-15-28/h19,26H,5-16H2,1-4H3,(H,25,30). The lowest BCUT2D eigenvalue weighted by Crippen LogP contribution is -2.47. The van der Waals surface area contributed by atoms with Crippen LogP contribution in [0.2, 0.25) is 0 Å². The normalized spacial score (nSPS) is 18.4. The van der Waals surface area contributed by atoms with Gasteiger partial charge in [0, 0.05) is 64.5 Å². The van der Waals surface area contributed by atoms with Crippen molar-refractivity contribution in [1.29, 1.82) is 0 Å². The van der Waals surface area contributed by atoms with Gasteiger partial charge < -0.3 is 24.8 Å². The topological polar surface area (TPSA) is 98.0 Å². The summed E-state index contributed by atoms with van der Waals surface area (Å²) in [5.41, 5.74) is 2.19. The van der Waals surface area contributed by atoms with Crippen LogP contribution < -0.4 is 5.32 Å². The summed E-state index contributed by atoms with van der Waals surface area (Å²) in [5.74, 6) is -0.107. The Morgan fingerprint density at radius 1 is 1.06 bits per heavy atom. The van der Waals surface area contributed by atoms with E-state index in [1.165, 1.54) is 0 Å². The van der Waals surface area contributed by atoms with Crippen molar-refractivity contribution in [3.05, 3.63) is 22.5 Å². The molecule has 2 amide bonds. The van der Waals surface area contributed by atoms with E-state index in [0.29, 0.717) is 61.1 Å². The molecule has 0 unspecified atom stereocenters. The number of amides is 2. The van der Waals surface area contributed by atoms with E-state index in [0.717, 1.165) is 45.6 Å². The average molecular weight is 462 g/mol. The minimum absolute atomic E-state index is 0.0961. The predicted octanol–water partition coefficient (Wildman–Crippen LogP) is 1.41. The van der Waals surface area contributed by atoms with E-state index < -0.39 is 5.97 Å². The number of hydrogen-bond acceptors (Lipinski definition) is 6. The number of aryl methyl sites for hydroxylation is 1. The number of hydrogen-bond donors (Lipinski definition) is 2. The molecule has 2 saturated heterocycles. The minimum atomic E-state index is -0.403. The van der Waals surface area contributed by atoms with Crippen LogP contribution in [0, 0.1) is 19.8 Å². The first-order valence-electron chi connectivity index (χ1n) is 12.1. The molecule has 1 aromatic rings. The van der Waals surface area contributed by atoms with Crippen LogP contribution in [0.15, 0.2) is 0 Å². The summed E-state index contributed by atoms with van der Waals surface area (Å²) in [6.07, 6.45) is 2.13. The fourth-order valence-electron chi connectivity index (χ4n) is 4.73. The molecule has 0 atom stereocenters. The van der Waals surface area contributed by atoms with Crippen LogP contribution >= 0.6 is 0 Å². The molecule has 0 saturated carbocycles. The first kappa shape index (κ1) is 25.2. The second kappa shape index (κ2) is 11.7. The highest BCUT2D eigenvalue weighted by Crippen LogP contribution is 2.25. The number of nitrogens with zero attached hydrogens (tertiary/aromatic N) is 3. The van der Waals surface area contributed by atoms with E-state index in [1.807, 2.05) is 4.90 Å². The monoisotopic (exact) mass is 461 g/mol. The smallest absolute Gasteiger partial charge is 0.340 e. The summed E-state index contributed by atoms with van der Waals surface area (Å²) in [7, 11) is 2.14. The first-order valence-corrected chi connectivity index (χ1v) is 12.1. The largest absolute Gasteiger partial charge is 0.462 e. The summed E-state index contributed by atoms with van der Waals surface area (Å²) >= 11 is 0. The number of aromatic nitrogens is 1. The SMILES string of the molecule is CCOC(=O)c1c(C)[nH]c(C(=O)N2CCC(CC(=O)NCCN3CCN(C)CC3)CC2)c1C. The molecular formula is C24H39N5O4. The predicted molar refractivity (Wildman–Crippen MR) is 126 cm³/mol. The lowest BCUT2D eigenvalue weighted by atomic mass is 9.93. The Kier molecular flexibility index (Phi) is 8.91. The third kappa shape index (κ3) is 6.57. The molecule has 33 heavy (non-hydrogen) atoms. The molecule has 2 N–H and O–H groups in total. The number of likely N-dealkylation sites (N-methyl/N-ethyl adjacent to an activating group) is 1. The number of ether oxygens (including phenoxy) is 1. The Morgan fingerprint density at radius 2 is 1.73 bits per heavy atom. The molecule has 3 rings (SSSR count). The Labute approximate surface area is 196 Å². The van der Waals surface area contributed by atoms with Crippen molar-refractivity contribution in [3.63, 3.8) is 0 Å². The molecule has 0 aromatic carbocycles. The Morgan fingerprint density at radius 3 is 2.36 bits per heavy atom. The summed E-state index contributed by atoms with van der Waals surface area (Å²) in [6.45, 7) is 12.7. The third-order valence-electron chi connectivity index (χ3n) is 6.85. The van der Waals surface area contributed by atoms with E-state index in [4.69, 9.17) is 4.74 Å². The maximum Gasteiger partial charge on any atom is 0.340 e. The zero-order valence-corrected chi connectivity index (χ0v) is 20.5. The van der Waals surface area contributed by atoms with Crippen molar-refractivity contribution in [2.24, 2.45) is 5.92 Å². The van der Waals surface area contributed by atoms with Crippen LogP contribution in [0.4, 0.5) is 0 Å². The number of H-pyrrole nitrogens is 1. The van der Waals surface area contributed by atoms with Crippen molar-refractivity contribution in [2.45, 2.75) is 40.0 Å². The summed E-state index contributed by atoms with van der Waals surface area (Å²) < 4.78 is 5.12. The molecule has 9 nitrogen and oxygen atoms in total. The van der Waals surface area contributed by atoms with Crippen LogP contribution in [0.5, 0.6) is 0 Å². The van der Waals surface area contributed by atoms with Gasteiger partial charge in [-0.3, -0.25) is 14.5 Å². The number of piperazine rings is 1. The molecular weight excluding hydrogens is 422 g/mol. The summed E-state index contributed by atoms with van der Waals surface area (Å²) in [5, 5.41) is 3.06. The zero-order chi connectivity index (χ0) is 24.0. The van der Waals surface area contributed by atoms with E-state index in [1.54, 1.807) is 20.8 Å². The molecule has 0 radical (unpaired) electrons. The van der Waals surface area contributed by atoms with Crippen LogP contribution in [0.25, 0.3) is 0 Å². The number of carbonyl (C=O) groups is 3.